The lowest BCUT2D eigenvalue weighted by Crippen LogP contribution is -2.10. The first-order valence-electron chi connectivity index (χ1n) is 6.79. The molecule has 102 valence electrons. The smallest absolute Gasteiger partial charge is 0.134 e. The second kappa shape index (κ2) is 4.52. The molecule has 2 aromatic rings. The zero-order chi connectivity index (χ0) is 14.4. The lowest BCUT2D eigenvalue weighted by molar-refractivity contribution is -0.116. The Morgan fingerprint density at radius 1 is 1.26 bits per heavy atom. The van der Waals surface area contributed by atoms with Crippen molar-refractivity contribution in [1.29, 1.82) is 0 Å². The summed E-state index contributed by atoms with van der Waals surface area (Å²) in [4.78, 5) is 11.5. The van der Waals surface area contributed by atoms with Crippen LogP contribution in [0, 0.1) is 6.92 Å². The van der Waals surface area contributed by atoms with Gasteiger partial charge in [-0.15, -0.1) is 0 Å². The quantitative estimate of drug-likeness (QED) is 0.799. The van der Waals surface area contributed by atoms with E-state index in [9.17, 15) is 4.79 Å². The fraction of sp³-hybridized carbons (Fsp3) is 0.471. The molecule has 0 N–H and O–H groups in total. The van der Waals surface area contributed by atoms with Gasteiger partial charge in [-0.3, -0.25) is 4.79 Å². The van der Waals surface area contributed by atoms with Crippen LogP contribution in [0.15, 0.2) is 18.2 Å². The Morgan fingerprint density at radius 3 is 2.42 bits per heavy atom. The normalized spacial score (nSPS) is 12.1. The number of aryl methyl sites for hydroxylation is 1. The molecule has 0 saturated carbocycles. The molecule has 1 heterocycles. The molecule has 2 nitrogen and oxygen atoms in total. The molecule has 0 spiro atoms. The maximum Gasteiger partial charge on any atom is 0.134 e. The summed E-state index contributed by atoms with van der Waals surface area (Å²) in [7, 11) is 2.07. The van der Waals surface area contributed by atoms with Gasteiger partial charge in [0.15, 0.2) is 0 Å². The fourth-order valence-corrected chi connectivity index (χ4v) is 2.59. The van der Waals surface area contributed by atoms with Gasteiger partial charge in [-0.25, -0.2) is 0 Å². The van der Waals surface area contributed by atoms with Gasteiger partial charge in [-0.1, -0.05) is 26.8 Å². The zero-order valence-electron chi connectivity index (χ0n) is 12.8. The summed E-state index contributed by atoms with van der Waals surface area (Å²) in [6, 6.07) is 6.62. The van der Waals surface area contributed by atoms with Gasteiger partial charge in [0.05, 0.1) is 0 Å². The first-order chi connectivity index (χ1) is 8.71. The third-order valence-corrected chi connectivity index (χ3v) is 3.91. The van der Waals surface area contributed by atoms with Gasteiger partial charge in [0, 0.05) is 30.1 Å². The molecule has 0 aliphatic heterocycles. The third kappa shape index (κ3) is 2.44. The minimum atomic E-state index is 0.130. The first-order valence-corrected chi connectivity index (χ1v) is 6.79. The highest BCUT2D eigenvalue weighted by Gasteiger charge is 2.18. The van der Waals surface area contributed by atoms with Crippen molar-refractivity contribution >= 4 is 16.7 Å². The van der Waals surface area contributed by atoms with Gasteiger partial charge >= 0.3 is 0 Å². The van der Waals surface area contributed by atoms with Crippen LogP contribution in [-0.4, -0.2) is 10.4 Å². The molecule has 0 atom stereocenters. The lowest BCUT2D eigenvalue weighted by Gasteiger charge is -2.19. The number of hydrogen-bond acceptors (Lipinski definition) is 1. The van der Waals surface area contributed by atoms with Crippen LogP contribution in [0.25, 0.3) is 10.9 Å². The zero-order valence-corrected chi connectivity index (χ0v) is 12.8. The number of Topliss-reactive ketones (excluding diaryl/α,β-unsaturated/α-hetero) is 1. The summed E-state index contributed by atoms with van der Waals surface area (Å²) in [5.74, 6) is 0.219. The number of rotatable bonds is 2. The summed E-state index contributed by atoms with van der Waals surface area (Å²) in [5.41, 5.74) is 5.02. The number of carbonyl (C=O) groups excluding carboxylic acids is 1. The number of carbonyl (C=O) groups is 1. The van der Waals surface area contributed by atoms with E-state index in [4.69, 9.17) is 0 Å². The van der Waals surface area contributed by atoms with Crippen LogP contribution in [0.1, 0.15) is 44.5 Å². The third-order valence-electron chi connectivity index (χ3n) is 3.91. The largest absolute Gasteiger partial charge is 0.348 e. The van der Waals surface area contributed by atoms with E-state index in [0.717, 1.165) is 0 Å². The average molecular weight is 257 g/mol. The van der Waals surface area contributed by atoms with Gasteiger partial charge in [-0.05, 0) is 42.5 Å². The molecular formula is C17H23NO. The van der Waals surface area contributed by atoms with E-state index in [1.165, 1.54) is 27.7 Å². The van der Waals surface area contributed by atoms with Crippen molar-refractivity contribution in [3.8, 4) is 0 Å². The Morgan fingerprint density at radius 2 is 1.89 bits per heavy atom. The molecule has 0 radical (unpaired) electrons. The highest BCUT2D eigenvalue weighted by atomic mass is 16.1. The van der Waals surface area contributed by atoms with E-state index in [0.29, 0.717) is 6.42 Å². The average Bonchev–Trinajstić information content (AvgIpc) is 2.53. The van der Waals surface area contributed by atoms with Crippen LogP contribution in [0.2, 0.25) is 0 Å². The van der Waals surface area contributed by atoms with Crippen LogP contribution in [0.4, 0.5) is 0 Å². The Balaban J connectivity index is 2.72. The Kier molecular flexibility index (Phi) is 3.29. The van der Waals surface area contributed by atoms with E-state index in [-0.39, 0.29) is 11.2 Å². The Hall–Kier alpha value is -1.57. The standard InChI is InChI=1S/C17H23NO/c1-11(19)9-14-12(2)18(6)16-8-7-13(10-15(14)16)17(3,4)5/h7-8,10H,9H2,1-6H3. The second-order valence-corrected chi connectivity index (χ2v) is 6.48. The minimum absolute atomic E-state index is 0.130. The highest BCUT2D eigenvalue weighted by Crippen LogP contribution is 2.31. The van der Waals surface area contributed by atoms with E-state index in [1.807, 2.05) is 0 Å². The van der Waals surface area contributed by atoms with Crippen molar-refractivity contribution in [1.82, 2.24) is 4.57 Å². The number of hydrogen-bond donors (Lipinski definition) is 0. The molecular weight excluding hydrogens is 234 g/mol. The van der Waals surface area contributed by atoms with Gasteiger partial charge in [0.1, 0.15) is 5.78 Å². The molecule has 0 aliphatic carbocycles. The van der Waals surface area contributed by atoms with Crippen molar-refractivity contribution in [3.05, 3.63) is 35.0 Å². The van der Waals surface area contributed by atoms with Crippen molar-refractivity contribution in [3.63, 3.8) is 0 Å². The molecule has 2 heteroatoms. The number of benzene rings is 1. The molecule has 0 unspecified atom stereocenters. The monoisotopic (exact) mass is 257 g/mol. The molecule has 0 bridgehead atoms. The molecule has 0 amide bonds. The van der Waals surface area contributed by atoms with Crippen LogP contribution in [0.5, 0.6) is 0 Å². The molecule has 0 fully saturated rings. The van der Waals surface area contributed by atoms with E-state index in [2.05, 4.69) is 57.5 Å². The number of nitrogens with zero attached hydrogens (tertiary/aromatic N) is 1. The minimum Gasteiger partial charge on any atom is -0.348 e. The van der Waals surface area contributed by atoms with Crippen molar-refractivity contribution in [2.75, 3.05) is 0 Å². The number of fused-ring (bicyclic) bond motifs is 1. The van der Waals surface area contributed by atoms with E-state index >= 15 is 0 Å². The summed E-state index contributed by atoms with van der Waals surface area (Å²) in [6.07, 6.45) is 0.525. The van der Waals surface area contributed by atoms with Gasteiger partial charge in [0.25, 0.3) is 0 Å². The Labute approximate surface area is 115 Å². The fourth-order valence-electron chi connectivity index (χ4n) is 2.59. The second-order valence-electron chi connectivity index (χ2n) is 6.48. The highest BCUT2D eigenvalue weighted by molar-refractivity contribution is 5.91. The van der Waals surface area contributed by atoms with Gasteiger partial charge < -0.3 is 4.57 Å². The molecule has 1 aromatic heterocycles. The van der Waals surface area contributed by atoms with Gasteiger partial charge in [-0.2, -0.15) is 0 Å². The van der Waals surface area contributed by atoms with E-state index < -0.39 is 0 Å². The van der Waals surface area contributed by atoms with Crippen LogP contribution in [0.3, 0.4) is 0 Å². The first kappa shape index (κ1) is 13.9. The maximum atomic E-state index is 11.5. The van der Waals surface area contributed by atoms with Crippen molar-refractivity contribution in [2.24, 2.45) is 7.05 Å². The summed E-state index contributed by atoms with van der Waals surface area (Å²) < 4.78 is 2.18. The summed E-state index contributed by atoms with van der Waals surface area (Å²) in [5, 5.41) is 1.22. The molecule has 19 heavy (non-hydrogen) atoms. The summed E-state index contributed by atoms with van der Waals surface area (Å²) >= 11 is 0. The lowest BCUT2D eigenvalue weighted by atomic mass is 9.86. The van der Waals surface area contributed by atoms with Crippen molar-refractivity contribution < 1.29 is 4.79 Å². The Bertz CT molecular complexity index is 641. The van der Waals surface area contributed by atoms with Crippen molar-refractivity contribution in [2.45, 2.75) is 46.5 Å². The summed E-state index contributed by atoms with van der Waals surface area (Å²) in [6.45, 7) is 10.4. The molecule has 2 rings (SSSR count). The number of ketones is 1. The predicted molar refractivity (Wildman–Crippen MR) is 80.7 cm³/mol. The van der Waals surface area contributed by atoms with Crippen LogP contribution >= 0.6 is 0 Å². The van der Waals surface area contributed by atoms with Crippen LogP contribution in [-0.2, 0) is 23.7 Å². The SMILES string of the molecule is CC(=O)Cc1c(C)n(C)c2ccc(C(C)(C)C)cc12. The predicted octanol–water partition coefficient (Wildman–Crippen LogP) is 3.92. The molecule has 0 saturated heterocycles. The number of aromatic nitrogens is 1. The molecule has 0 aliphatic rings. The maximum absolute atomic E-state index is 11.5. The van der Waals surface area contributed by atoms with Crippen LogP contribution < -0.4 is 0 Å². The topological polar surface area (TPSA) is 22.0 Å². The van der Waals surface area contributed by atoms with Gasteiger partial charge in [0.2, 0.25) is 0 Å². The molecule has 1 aromatic carbocycles. The van der Waals surface area contributed by atoms with E-state index in [1.54, 1.807) is 6.92 Å².